The molecule has 0 radical (unpaired) electrons. The maximum Gasteiger partial charge on any atom is 0.253 e. The monoisotopic (exact) mass is 262 g/mol. The molecule has 1 saturated carbocycles. The highest BCUT2D eigenvalue weighted by molar-refractivity contribution is 6.01. The minimum absolute atomic E-state index is 0.0205. The molecular formula is C13H18N4O2. The van der Waals surface area contributed by atoms with Crippen molar-refractivity contribution in [2.75, 3.05) is 12.0 Å². The third-order valence-electron chi connectivity index (χ3n) is 2.93. The zero-order valence-corrected chi connectivity index (χ0v) is 10.8. The fourth-order valence-electron chi connectivity index (χ4n) is 1.73. The maximum atomic E-state index is 12.0. The van der Waals surface area contributed by atoms with Crippen LogP contribution < -0.4 is 21.9 Å². The number of nitrogens with one attached hydrogen (secondary N) is 3. The van der Waals surface area contributed by atoms with Crippen LogP contribution in [0.2, 0.25) is 0 Å². The van der Waals surface area contributed by atoms with Crippen LogP contribution in [0.1, 0.15) is 28.8 Å². The van der Waals surface area contributed by atoms with Gasteiger partial charge in [-0.05, 0) is 31.9 Å². The number of carbonyl (C=O) groups excluding carboxylic acids is 2. The first-order chi connectivity index (χ1) is 9.10. The Labute approximate surface area is 111 Å². The van der Waals surface area contributed by atoms with Gasteiger partial charge in [-0.1, -0.05) is 11.6 Å². The van der Waals surface area contributed by atoms with E-state index in [2.05, 4.69) is 16.1 Å². The largest absolute Gasteiger partial charge is 0.352 e. The lowest BCUT2D eigenvalue weighted by atomic mass is 10.1. The van der Waals surface area contributed by atoms with Crippen LogP contribution in [0.25, 0.3) is 0 Å². The summed E-state index contributed by atoms with van der Waals surface area (Å²) < 4.78 is 0. The van der Waals surface area contributed by atoms with Crippen molar-refractivity contribution in [3.05, 3.63) is 29.3 Å². The van der Waals surface area contributed by atoms with Crippen LogP contribution in [-0.4, -0.2) is 24.4 Å². The van der Waals surface area contributed by atoms with Crippen LogP contribution in [0, 0.1) is 6.92 Å². The maximum absolute atomic E-state index is 12.0. The van der Waals surface area contributed by atoms with Crippen LogP contribution >= 0.6 is 0 Å². The van der Waals surface area contributed by atoms with E-state index in [0.29, 0.717) is 17.3 Å². The summed E-state index contributed by atoms with van der Waals surface area (Å²) in [7, 11) is 0. The van der Waals surface area contributed by atoms with Gasteiger partial charge >= 0.3 is 0 Å². The predicted octanol–water partition coefficient (Wildman–Crippen LogP) is 0.289. The number of aryl methyl sites for hydroxylation is 1. The van der Waals surface area contributed by atoms with E-state index in [1.807, 2.05) is 13.0 Å². The van der Waals surface area contributed by atoms with Crippen molar-refractivity contribution >= 4 is 17.5 Å². The van der Waals surface area contributed by atoms with E-state index in [1.54, 1.807) is 12.1 Å². The van der Waals surface area contributed by atoms with Gasteiger partial charge in [-0.2, -0.15) is 0 Å². The number of nitrogens with two attached hydrogens (primary N) is 1. The van der Waals surface area contributed by atoms with Crippen molar-refractivity contribution in [3.8, 4) is 0 Å². The summed E-state index contributed by atoms with van der Waals surface area (Å²) in [4.78, 5) is 23.5. The Hall–Kier alpha value is -2.08. The third kappa shape index (κ3) is 3.69. The fourth-order valence-corrected chi connectivity index (χ4v) is 1.73. The minimum atomic E-state index is -0.317. The van der Waals surface area contributed by atoms with Gasteiger partial charge in [0.1, 0.15) is 0 Å². The van der Waals surface area contributed by atoms with E-state index in [-0.39, 0.29) is 18.4 Å². The van der Waals surface area contributed by atoms with E-state index in [0.717, 1.165) is 18.4 Å². The van der Waals surface area contributed by atoms with E-state index in [9.17, 15) is 9.59 Å². The Morgan fingerprint density at radius 2 is 2.11 bits per heavy atom. The summed E-state index contributed by atoms with van der Waals surface area (Å²) in [6.45, 7) is 1.87. The summed E-state index contributed by atoms with van der Waals surface area (Å²) in [6, 6.07) is 5.61. The molecule has 1 aliphatic carbocycles. The number of rotatable bonds is 5. The van der Waals surface area contributed by atoms with Crippen LogP contribution in [0.15, 0.2) is 18.2 Å². The average Bonchev–Trinajstić information content (AvgIpc) is 3.19. The van der Waals surface area contributed by atoms with Gasteiger partial charge in [0.15, 0.2) is 0 Å². The van der Waals surface area contributed by atoms with E-state index >= 15 is 0 Å². The van der Waals surface area contributed by atoms with Crippen LogP contribution in [-0.2, 0) is 4.79 Å². The molecule has 1 aliphatic rings. The Balaban J connectivity index is 1.94. The molecule has 2 amide bonds. The van der Waals surface area contributed by atoms with Crippen molar-refractivity contribution in [2.45, 2.75) is 25.8 Å². The van der Waals surface area contributed by atoms with E-state index < -0.39 is 0 Å². The summed E-state index contributed by atoms with van der Waals surface area (Å²) in [5.41, 5.74) is 4.39. The van der Waals surface area contributed by atoms with Crippen molar-refractivity contribution in [1.29, 1.82) is 0 Å². The standard InChI is InChI=1S/C13H18N4O2/c1-8-2-5-11(17-14)10(6-8)13(19)15-7-12(18)16-9-3-4-9/h2,5-6,9,17H,3-4,7,14H2,1H3,(H,15,19)(H,16,18). The summed E-state index contributed by atoms with van der Waals surface area (Å²) in [6.07, 6.45) is 2.05. The lowest BCUT2D eigenvalue weighted by Gasteiger charge is -2.10. The molecule has 1 aromatic rings. The molecule has 0 spiro atoms. The predicted molar refractivity (Wildman–Crippen MR) is 72.5 cm³/mol. The number of anilines is 1. The molecule has 6 nitrogen and oxygen atoms in total. The first kappa shape index (κ1) is 13.4. The number of hydrogen-bond acceptors (Lipinski definition) is 4. The molecule has 0 heterocycles. The van der Waals surface area contributed by atoms with Gasteiger partial charge in [0.25, 0.3) is 5.91 Å². The van der Waals surface area contributed by atoms with Crippen molar-refractivity contribution < 1.29 is 9.59 Å². The molecule has 1 aromatic carbocycles. The summed E-state index contributed by atoms with van der Waals surface area (Å²) in [5, 5.41) is 5.39. The molecule has 0 unspecified atom stereocenters. The van der Waals surface area contributed by atoms with Gasteiger partial charge in [-0.3, -0.25) is 15.4 Å². The number of benzene rings is 1. The molecule has 0 aliphatic heterocycles. The van der Waals surface area contributed by atoms with Crippen LogP contribution in [0.3, 0.4) is 0 Å². The van der Waals surface area contributed by atoms with Crippen molar-refractivity contribution in [2.24, 2.45) is 5.84 Å². The van der Waals surface area contributed by atoms with Gasteiger partial charge < -0.3 is 16.1 Å². The highest BCUT2D eigenvalue weighted by Gasteiger charge is 2.23. The molecule has 1 fully saturated rings. The SMILES string of the molecule is Cc1ccc(NN)c(C(=O)NCC(=O)NC2CC2)c1. The number of carbonyl (C=O) groups is 2. The number of nitrogen functional groups attached to an aromatic ring is 1. The smallest absolute Gasteiger partial charge is 0.253 e. The zero-order valence-electron chi connectivity index (χ0n) is 10.8. The lowest BCUT2D eigenvalue weighted by Crippen LogP contribution is -2.38. The Bertz CT molecular complexity index is 497. The molecule has 6 heteroatoms. The molecule has 0 aromatic heterocycles. The average molecular weight is 262 g/mol. The molecule has 19 heavy (non-hydrogen) atoms. The minimum Gasteiger partial charge on any atom is -0.352 e. The fraction of sp³-hybridized carbons (Fsp3) is 0.385. The number of amides is 2. The highest BCUT2D eigenvalue weighted by Crippen LogP contribution is 2.18. The normalized spacial score (nSPS) is 13.8. The Morgan fingerprint density at radius 3 is 2.74 bits per heavy atom. The molecule has 0 bridgehead atoms. The van der Waals surface area contributed by atoms with Crippen molar-refractivity contribution in [3.63, 3.8) is 0 Å². The quantitative estimate of drug-likeness (QED) is 0.453. The Kier molecular flexibility index (Phi) is 4.01. The second kappa shape index (κ2) is 5.71. The van der Waals surface area contributed by atoms with Gasteiger partial charge in [-0.25, -0.2) is 0 Å². The topological polar surface area (TPSA) is 96.2 Å². The molecule has 5 N–H and O–H groups in total. The van der Waals surface area contributed by atoms with Gasteiger partial charge in [0, 0.05) is 6.04 Å². The Morgan fingerprint density at radius 1 is 1.37 bits per heavy atom. The molecule has 2 rings (SSSR count). The molecule has 102 valence electrons. The van der Waals surface area contributed by atoms with Crippen LogP contribution in [0.5, 0.6) is 0 Å². The molecule has 0 saturated heterocycles. The third-order valence-corrected chi connectivity index (χ3v) is 2.93. The zero-order chi connectivity index (χ0) is 13.8. The summed E-state index contributed by atoms with van der Waals surface area (Å²) >= 11 is 0. The summed E-state index contributed by atoms with van der Waals surface area (Å²) in [5.74, 6) is 4.88. The lowest BCUT2D eigenvalue weighted by molar-refractivity contribution is -0.120. The first-order valence-corrected chi connectivity index (χ1v) is 6.25. The first-order valence-electron chi connectivity index (χ1n) is 6.25. The van der Waals surface area contributed by atoms with Gasteiger partial charge in [0.05, 0.1) is 17.8 Å². The highest BCUT2D eigenvalue weighted by atomic mass is 16.2. The second-order valence-electron chi connectivity index (χ2n) is 4.72. The van der Waals surface area contributed by atoms with Gasteiger partial charge in [0.2, 0.25) is 5.91 Å². The van der Waals surface area contributed by atoms with E-state index in [1.165, 1.54) is 0 Å². The second-order valence-corrected chi connectivity index (χ2v) is 4.72. The van der Waals surface area contributed by atoms with Crippen molar-refractivity contribution in [1.82, 2.24) is 10.6 Å². The molecular weight excluding hydrogens is 244 g/mol. The number of hydrogen-bond donors (Lipinski definition) is 4. The van der Waals surface area contributed by atoms with Gasteiger partial charge in [-0.15, -0.1) is 0 Å². The number of hydrazine groups is 1. The van der Waals surface area contributed by atoms with Crippen LogP contribution in [0.4, 0.5) is 5.69 Å². The van der Waals surface area contributed by atoms with E-state index in [4.69, 9.17) is 5.84 Å². The molecule has 0 atom stereocenters.